The molecule has 74 valence electrons. The lowest BCUT2D eigenvalue weighted by atomic mass is 10.0. The summed E-state index contributed by atoms with van der Waals surface area (Å²) in [6.07, 6.45) is 0. The van der Waals surface area contributed by atoms with Gasteiger partial charge in [-0.05, 0) is 25.5 Å². The van der Waals surface area contributed by atoms with Crippen LogP contribution in [0, 0.1) is 13.8 Å². The van der Waals surface area contributed by atoms with Crippen molar-refractivity contribution in [3.05, 3.63) is 29.3 Å². The lowest BCUT2D eigenvalue weighted by Crippen LogP contribution is -2.61. The average molecular weight is 190 g/mol. The number of carbonyl (C=O) groups is 1. The van der Waals surface area contributed by atoms with E-state index in [0.29, 0.717) is 6.54 Å². The number of hydrogen-bond acceptors (Lipinski definition) is 2. The van der Waals surface area contributed by atoms with Crippen molar-refractivity contribution in [2.24, 2.45) is 5.73 Å². The molecule has 1 aromatic carbocycles. The molecule has 14 heavy (non-hydrogen) atoms. The van der Waals surface area contributed by atoms with E-state index in [0.717, 1.165) is 11.3 Å². The van der Waals surface area contributed by atoms with Gasteiger partial charge in [0.05, 0.1) is 6.54 Å². The molecule has 1 aromatic rings. The highest BCUT2D eigenvalue weighted by Gasteiger charge is 2.34. The highest BCUT2D eigenvalue weighted by molar-refractivity contribution is 6.04. The molecule has 1 heterocycles. The molecule has 1 aliphatic heterocycles. The SMILES string of the molecule is Cc1ccc(N2CC(N)C2=O)c(C)c1. The molecule has 0 spiro atoms. The molecule has 0 bridgehead atoms. The van der Waals surface area contributed by atoms with Gasteiger partial charge in [0.1, 0.15) is 6.04 Å². The van der Waals surface area contributed by atoms with Crippen LogP contribution in [0.4, 0.5) is 5.69 Å². The van der Waals surface area contributed by atoms with Crippen molar-refractivity contribution in [1.29, 1.82) is 0 Å². The Kier molecular flexibility index (Phi) is 2.04. The first-order valence-electron chi connectivity index (χ1n) is 4.74. The maximum absolute atomic E-state index is 11.4. The fourth-order valence-corrected chi connectivity index (χ4v) is 1.78. The molecule has 0 aromatic heterocycles. The van der Waals surface area contributed by atoms with Gasteiger partial charge in [-0.3, -0.25) is 4.79 Å². The van der Waals surface area contributed by atoms with Crippen LogP contribution in [0.25, 0.3) is 0 Å². The predicted molar refractivity (Wildman–Crippen MR) is 56.2 cm³/mol. The number of hydrogen-bond donors (Lipinski definition) is 1. The van der Waals surface area contributed by atoms with Crippen LogP contribution in [0.1, 0.15) is 11.1 Å². The number of aryl methyl sites for hydroxylation is 2. The van der Waals surface area contributed by atoms with Gasteiger partial charge in [0.15, 0.2) is 0 Å². The van der Waals surface area contributed by atoms with Gasteiger partial charge in [0.2, 0.25) is 5.91 Å². The second-order valence-electron chi connectivity index (χ2n) is 3.85. The zero-order valence-electron chi connectivity index (χ0n) is 8.45. The number of amides is 1. The van der Waals surface area contributed by atoms with Gasteiger partial charge in [0.25, 0.3) is 0 Å². The number of benzene rings is 1. The van der Waals surface area contributed by atoms with E-state index < -0.39 is 0 Å². The maximum atomic E-state index is 11.4. The summed E-state index contributed by atoms with van der Waals surface area (Å²) in [5.74, 6) is 0.0250. The normalized spacial score (nSPS) is 20.9. The molecule has 1 saturated heterocycles. The molecule has 0 saturated carbocycles. The largest absolute Gasteiger partial charge is 0.318 e. The maximum Gasteiger partial charge on any atom is 0.245 e. The van der Waals surface area contributed by atoms with Crippen LogP contribution < -0.4 is 10.6 Å². The van der Waals surface area contributed by atoms with Gasteiger partial charge in [-0.2, -0.15) is 0 Å². The summed E-state index contributed by atoms with van der Waals surface area (Å²) >= 11 is 0. The van der Waals surface area contributed by atoms with E-state index in [1.54, 1.807) is 4.90 Å². The van der Waals surface area contributed by atoms with Gasteiger partial charge in [-0.1, -0.05) is 17.7 Å². The van der Waals surface area contributed by atoms with Crippen molar-refractivity contribution in [3.8, 4) is 0 Å². The van der Waals surface area contributed by atoms with Crippen molar-refractivity contribution in [1.82, 2.24) is 0 Å². The number of anilines is 1. The summed E-state index contributed by atoms with van der Waals surface area (Å²) in [7, 11) is 0. The lowest BCUT2D eigenvalue weighted by Gasteiger charge is -2.37. The van der Waals surface area contributed by atoms with Crippen LogP contribution in [0.2, 0.25) is 0 Å². The summed E-state index contributed by atoms with van der Waals surface area (Å²) in [4.78, 5) is 13.1. The first kappa shape index (κ1) is 9.21. The lowest BCUT2D eigenvalue weighted by molar-refractivity contribution is -0.123. The topological polar surface area (TPSA) is 46.3 Å². The smallest absolute Gasteiger partial charge is 0.245 e. The van der Waals surface area contributed by atoms with Crippen LogP contribution in [-0.4, -0.2) is 18.5 Å². The summed E-state index contributed by atoms with van der Waals surface area (Å²) in [5.41, 5.74) is 8.87. The standard InChI is InChI=1S/C11H14N2O/c1-7-3-4-10(8(2)5-7)13-6-9(12)11(13)14/h3-5,9H,6,12H2,1-2H3. The van der Waals surface area contributed by atoms with Crippen molar-refractivity contribution in [2.45, 2.75) is 19.9 Å². The molecule has 1 atom stereocenters. The van der Waals surface area contributed by atoms with Gasteiger partial charge < -0.3 is 10.6 Å². The Morgan fingerprint density at radius 2 is 2.14 bits per heavy atom. The highest BCUT2D eigenvalue weighted by atomic mass is 16.2. The van der Waals surface area contributed by atoms with E-state index in [-0.39, 0.29) is 11.9 Å². The fourth-order valence-electron chi connectivity index (χ4n) is 1.78. The number of carbonyl (C=O) groups excluding carboxylic acids is 1. The molecule has 2 N–H and O–H groups in total. The third-order valence-electron chi connectivity index (χ3n) is 2.61. The molecule has 3 nitrogen and oxygen atoms in total. The van der Waals surface area contributed by atoms with Crippen molar-refractivity contribution in [3.63, 3.8) is 0 Å². The molecule has 1 unspecified atom stereocenters. The second-order valence-corrected chi connectivity index (χ2v) is 3.85. The summed E-state index contributed by atoms with van der Waals surface area (Å²) < 4.78 is 0. The number of nitrogens with zero attached hydrogens (tertiary/aromatic N) is 1. The van der Waals surface area contributed by atoms with Crippen molar-refractivity contribution < 1.29 is 4.79 Å². The molecular weight excluding hydrogens is 176 g/mol. The first-order valence-corrected chi connectivity index (χ1v) is 4.74. The third-order valence-corrected chi connectivity index (χ3v) is 2.61. The van der Waals surface area contributed by atoms with E-state index in [9.17, 15) is 4.79 Å². The zero-order chi connectivity index (χ0) is 10.3. The molecular formula is C11H14N2O. The number of β-lactam (4-membered cyclic amide) rings is 1. The fraction of sp³-hybridized carbons (Fsp3) is 0.364. The Balaban J connectivity index is 2.30. The zero-order valence-corrected chi connectivity index (χ0v) is 8.45. The Morgan fingerprint density at radius 3 is 2.64 bits per heavy atom. The van der Waals surface area contributed by atoms with Crippen LogP contribution in [0.15, 0.2) is 18.2 Å². The van der Waals surface area contributed by atoms with E-state index in [1.807, 2.05) is 26.0 Å². The highest BCUT2D eigenvalue weighted by Crippen LogP contribution is 2.25. The van der Waals surface area contributed by atoms with Gasteiger partial charge >= 0.3 is 0 Å². The minimum Gasteiger partial charge on any atom is -0.318 e. The molecule has 0 radical (unpaired) electrons. The van der Waals surface area contributed by atoms with Crippen LogP contribution in [0.3, 0.4) is 0 Å². The second kappa shape index (κ2) is 3.10. The molecule has 3 heteroatoms. The summed E-state index contributed by atoms with van der Waals surface area (Å²) in [5, 5.41) is 0. The van der Waals surface area contributed by atoms with Gasteiger partial charge in [-0.15, -0.1) is 0 Å². The Bertz CT molecular complexity index is 387. The Labute approximate surface area is 83.5 Å². The molecule has 0 aliphatic carbocycles. The van der Waals surface area contributed by atoms with Crippen molar-refractivity contribution >= 4 is 11.6 Å². The van der Waals surface area contributed by atoms with Crippen LogP contribution >= 0.6 is 0 Å². The van der Waals surface area contributed by atoms with E-state index >= 15 is 0 Å². The predicted octanol–water partition coefficient (Wildman–Crippen LogP) is 0.977. The number of nitrogens with two attached hydrogens (primary N) is 1. The Hall–Kier alpha value is -1.35. The number of rotatable bonds is 1. The summed E-state index contributed by atoms with van der Waals surface area (Å²) in [6, 6.07) is 5.77. The molecule has 2 rings (SSSR count). The van der Waals surface area contributed by atoms with Gasteiger partial charge in [0, 0.05) is 5.69 Å². The van der Waals surface area contributed by atoms with E-state index in [1.165, 1.54) is 5.56 Å². The van der Waals surface area contributed by atoms with Gasteiger partial charge in [-0.25, -0.2) is 0 Å². The van der Waals surface area contributed by atoms with E-state index in [4.69, 9.17) is 5.73 Å². The minimum absolute atomic E-state index is 0.0250. The van der Waals surface area contributed by atoms with Crippen molar-refractivity contribution in [2.75, 3.05) is 11.4 Å². The van der Waals surface area contributed by atoms with Crippen LogP contribution in [0.5, 0.6) is 0 Å². The van der Waals surface area contributed by atoms with Crippen LogP contribution in [-0.2, 0) is 4.79 Å². The first-order chi connectivity index (χ1) is 6.59. The quantitative estimate of drug-likeness (QED) is 0.671. The molecule has 1 fully saturated rings. The summed E-state index contributed by atoms with van der Waals surface area (Å²) in [6.45, 7) is 4.70. The minimum atomic E-state index is -0.296. The molecule has 1 amide bonds. The Morgan fingerprint density at radius 1 is 1.43 bits per heavy atom. The average Bonchev–Trinajstić information content (AvgIpc) is 2.15. The molecule has 1 aliphatic rings. The monoisotopic (exact) mass is 190 g/mol. The van der Waals surface area contributed by atoms with E-state index in [2.05, 4.69) is 6.07 Å². The third kappa shape index (κ3) is 1.30.